The number of pyridine rings is 1. The zero-order chi connectivity index (χ0) is 27.4. The van der Waals surface area contributed by atoms with E-state index in [4.69, 9.17) is 14.2 Å². The molecule has 0 unspecified atom stereocenters. The summed E-state index contributed by atoms with van der Waals surface area (Å²) in [5, 5.41) is 0. The molecule has 1 aromatic carbocycles. The van der Waals surface area contributed by atoms with Crippen LogP contribution in [-0.2, 0) is 31.5 Å². The zero-order valence-electron chi connectivity index (χ0n) is 23.0. The average molecular weight is 545 g/mol. The molecule has 1 fully saturated rings. The van der Waals surface area contributed by atoms with Crippen molar-refractivity contribution in [1.82, 2.24) is 9.88 Å². The van der Waals surface area contributed by atoms with Crippen LogP contribution in [0.15, 0.2) is 36.5 Å². The van der Waals surface area contributed by atoms with Gasteiger partial charge in [-0.2, -0.15) is 0 Å². The second-order valence-electron chi connectivity index (χ2n) is 11.7. The molecule has 0 bridgehead atoms. The van der Waals surface area contributed by atoms with Crippen molar-refractivity contribution in [2.45, 2.75) is 64.2 Å². The highest BCUT2D eigenvalue weighted by molar-refractivity contribution is 7.90. The Morgan fingerprint density at radius 2 is 1.89 bits per heavy atom. The van der Waals surface area contributed by atoms with Crippen LogP contribution in [0.4, 0.5) is 4.79 Å². The molecule has 1 amide bonds. The van der Waals surface area contributed by atoms with E-state index in [1.807, 2.05) is 24.3 Å². The lowest BCUT2D eigenvalue weighted by atomic mass is 9.83. The number of nitrogens with zero attached hydrogens (tertiary/aromatic N) is 2. The van der Waals surface area contributed by atoms with Crippen molar-refractivity contribution in [2.75, 3.05) is 39.2 Å². The molecular formula is C29H40N2O6S. The number of hydrogen-bond donors (Lipinski definition) is 0. The minimum Gasteiger partial charge on any atom is -0.487 e. The Morgan fingerprint density at radius 1 is 1.13 bits per heavy atom. The fraction of sp³-hybridized carbons (Fsp3) is 0.586. The predicted octanol–water partition coefficient (Wildman–Crippen LogP) is 5.04. The lowest BCUT2D eigenvalue weighted by Crippen LogP contribution is -2.51. The van der Waals surface area contributed by atoms with E-state index < -0.39 is 9.84 Å². The number of sulfone groups is 1. The number of fused-ring (bicyclic) bond motifs is 1. The average Bonchev–Trinajstić information content (AvgIpc) is 2.87. The van der Waals surface area contributed by atoms with Crippen molar-refractivity contribution in [3.8, 4) is 17.0 Å². The Hall–Kier alpha value is -2.65. The normalized spacial score (nSPS) is 17.1. The number of aromatic nitrogens is 1. The van der Waals surface area contributed by atoms with Crippen LogP contribution in [0, 0.1) is 5.41 Å². The highest BCUT2D eigenvalue weighted by atomic mass is 32.2. The summed E-state index contributed by atoms with van der Waals surface area (Å²) < 4.78 is 41.6. The van der Waals surface area contributed by atoms with Crippen LogP contribution in [0.3, 0.4) is 0 Å². The number of methoxy groups -OCH3 is 1. The molecule has 0 N–H and O–H groups in total. The van der Waals surface area contributed by atoms with Crippen molar-refractivity contribution >= 4 is 15.9 Å². The highest BCUT2D eigenvalue weighted by Crippen LogP contribution is 2.40. The number of likely N-dealkylation sites (tertiary alicyclic amines) is 1. The smallest absolute Gasteiger partial charge is 0.409 e. The van der Waals surface area contributed by atoms with Gasteiger partial charge in [0.15, 0.2) is 9.84 Å². The third kappa shape index (κ3) is 7.47. The first-order valence-electron chi connectivity index (χ1n) is 13.4. The summed E-state index contributed by atoms with van der Waals surface area (Å²) in [4.78, 5) is 18.8. The molecule has 2 aromatic rings. The summed E-state index contributed by atoms with van der Waals surface area (Å²) in [6.45, 7) is 8.26. The maximum Gasteiger partial charge on any atom is 0.409 e. The second-order valence-corrected chi connectivity index (χ2v) is 13.9. The molecule has 1 aromatic heterocycles. The summed E-state index contributed by atoms with van der Waals surface area (Å²) >= 11 is 0. The Labute approximate surface area is 226 Å². The van der Waals surface area contributed by atoms with Gasteiger partial charge in [0.25, 0.3) is 0 Å². The van der Waals surface area contributed by atoms with Gasteiger partial charge in [-0.05, 0) is 60.1 Å². The van der Waals surface area contributed by atoms with Crippen LogP contribution < -0.4 is 4.74 Å². The molecule has 0 atom stereocenters. The summed E-state index contributed by atoms with van der Waals surface area (Å²) in [6.07, 6.45) is 5.28. The second kappa shape index (κ2) is 11.6. The number of ether oxygens (including phenoxy) is 3. The Bertz CT molecular complexity index is 1210. The van der Waals surface area contributed by atoms with Crippen molar-refractivity contribution in [3.63, 3.8) is 0 Å². The molecule has 38 heavy (non-hydrogen) atoms. The van der Waals surface area contributed by atoms with Crippen LogP contribution >= 0.6 is 0 Å². The summed E-state index contributed by atoms with van der Waals surface area (Å²) in [7, 11) is -1.62. The third-order valence-corrected chi connectivity index (χ3v) is 8.79. The van der Waals surface area contributed by atoms with Crippen molar-refractivity contribution < 1.29 is 27.4 Å². The van der Waals surface area contributed by atoms with Gasteiger partial charge in [-0.1, -0.05) is 26.8 Å². The quantitative estimate of drug-likeness (QED) is 0.430. The lowest BCUT2D eigenvalue weighted by Gasteiger charge is -2.44. The van der Waals surface area contributed by atoms with Crippen LogP contribution in [-0.4, -0.2) is 69.2 Å². The first-order chi connectivity index (χ1) is 18.0. The van der Waals surface area contributed by atoms with Crippen LogP contribution in [0.1, 0.15) is 57.6 Å². The number of piperidine rings is 1. The molecule has 0 aliphatic carbocycles. The van der Waals surface area contributed by atoms with Gasteiger partial charge in [-0.15, -0.1) is 0 Å². The minimum absolute atomic E-state index is 0.0180. The number of carbonyl (C=O) groups excluding carboxylic acids is 1. The first kappa shape index (κ1) is 28.4. The van der Waals surface area contributed by atoms with E-state index in [0.717, 1.165) is 48.3 Å². The molecule has 3 heterocycles. The van der Waals surface area contributed by atoms with Gasteiger partial charge >= 0.3 is 6.09 Å². The SMILES string of the molecule is COCCCS(=O)(=O)Cc1ccc(-c2ccc3c(c2)CCC2(CCN(C(=O)OCC(C)(C)C)CC2)O3)nc1. The summed E-state index contributed by atoms with van der Waals surface area (Å²) in [5.74, 6) is 0.979. The summed E-state index contributed by atoms with van der Waals surface area (Å²) in [5.41, 5.74) is 3.31. The van der Waals surface area contributed by atoms with Gasteiger partial charge in [0.1, 0.15) is 11.4 Å². The number of aryl methyl sites for hydroxylation is 1. The van der Waals surface area contributed by atoms with E-state index in [0.29, 0.717) is 38.3 Å². The Morgan fingerprint density at radius 3 is 2.55 bits per heavy atom. The maximum absolute atomic E-state index is 12.5. The molecule has 208 valence electrons. The molecule has 0 saturated carbocycles. The van der Waals surface area contributed by atoms with Gasteiger partial charge in [0.05, 0.1) is 23.8 Å². The van der Waals surface area contributed by atoms with Crippen molar-refractivity contribution in [2.24, 2.45) is 5.41 Å². The molecule has 4 rings (SSSR count). The van der Waals surface area contributed by atoms with Gasteiger partial charge in [0, 0.05) is 51.4 Å². The minimum atomic E-state index is -3.19. The van der Waals surface area contributed by atoms with Gasteiger partial charge in [-0.25, -0.2) is 13.2 Å². The molecule has 9 heteroatoms. The largest absolute Gasteiger partial charge is 0.487 e. The van der Waals surface area contributed by atoms with E-state index in [1.165, 1.54) is 0 Å². The van der Waals surface area contributed by atoms with Gasteiger partial charge < -0.3 is 19.1 Å². The molecule has 1 spiro atoms. The van der Waals surface area contributed by atoms with E-state index in [1.54, 1.807) is 18.2 Å². The summed E-state index contributed by atoms with van der Waals surface area (Å²) in [6, 6.07) is 9.83. The standard InChI is InChI=1S/C29H40N2O6S/c1-28(2,3)21-36-27(32)31-14-12-29(13-15-31)11-10-24-18-23(7-9-26(24)37-29)25-8-6-22(19-30-25)20-38(33,34)17-5-16-35-4/h6-9,18-19H,5,10-17,20-21H2,1-4H3. The highest BCUT2D eigenvalue weighted by Gasteiger charge is 2.41. The molecule has 0 radical (unpaired) electrons. The van der Waals surface area contributed by atoms with Gasteiger partial charge in [0.2, 0.25) is 0 Å². The van der Waals surface area contributed by atoms with E-state index in [2.05, 4.69) is 31.8 Å². The number of benzene rings is 1. The molecule has 2 aliphatic rings. The lowest BCUT2D eigenvalue weighted by molar-refractivity contribution is -0.0171. The van der Waals surface area contributed by atoms with Crippen LogP contribution in [0.2, 0.25) is 0 Å². The Balaban J connectivity index is 1.34. The molecule has 8 nitrogen and oxygen atoms in total. The fourth-order valence-corrected chi connectivity index (χ4v) is 6.31. The predicted molar refractivity (Wildman–Crippen MR) is 147 cm³/mol. The third-order valence-electron chi connectivity index (χ3n) is 7.11. The van der Waals surface area contributed by atoms with E-state index in [9.17, 15) is 13.2 Å². The number of carbonyl (C=O) groups is 1. The van der Waals surface area contributed by atoms with Crippen molar-refractivity contribution in [3.05, 3.63) is 47.7 Å². The Kier molecular flexibility index (Phi) is 8.67. The number of hydrogen-bond acceptors (Lipinski definition) is 7. The van der Waals surface area contributed by atoms with E-state index >= 15 is 0 Å². The number of rotatable bonds is 8. The first-order valence-corrected chi connectivity index (χ1v) is 15.2. The maximum atomic E-state index is 12.5. The number of amides is 1. The molecular weight excluding hydrogens is 504 g/mol. The van der Waals surface area contributed by atoms with Crippen LogP contribution in [0.5, 0.6) is 5.75 Å². The van der Waals surface area contributed by atoms with Gasteiger partial charge in [-0.3, -0.25) is 4.98 Å². The monoisotopic (exact) mass is 544 g/mol. The topological polar surface area (TPSA) is 95.0 Å². The zero-order valence-corrected chi connectivity index (χ0v) is 23.8. The van der Waals surface area contributed by atoms with Crippen LogP contribution in [0.25, 0.3) is 11.3 Å². The molecule has 1 saturated heterocycles. The fourth-order valence-electron chi connectivity index (χ4n) is 4.93. The van der Waals surface area contributed by atoms with Crippen molar-refractivity contribution in [1.29, 1.82) is 0 Å². The van der Waals surface area contributed by atoms with E-state index in [-0.39, 0.29) is 28.6 Å². The molecule has 2 aliphatic heterocycles.